The molecule has 0 fully saturated rings. The van der Waals surface area contributed by atoms with E-state index in [1.165, 1.54) is 11.3 Å². The van der Waals surface area contributed by atoms with E-state index in [0.29, 0.717) is 41.1 Å². The van der Waals surface area contributed by atoms with E-state index in [-0.39, 0.29) is 12.5 Å². The maximum absolute atomic E-state index is 12.4. The highest BCUT2D eigenvalue weighted by atomic mass is 35.5. The van der Waals surface area contributed by atoms with Crippen molar-refractivity contribution in [2.45, 2.75) is 13.5 Å². The van der Waals surface area contributed by atoms with Crippen LogP contribution < -0.4 is 14.3 Å². The van der Waals surface area contributed by atoms with Crippen LogP contribution >= 0.6 is 22.9 Å². The van der Waals surface area contributed by atoms with Gasteiger partial charge in [-0.2, -0.15) is 4.99 Å². The molecule has 3 aromatic rings. The molecule has 2 aromatic carbocycles. The number of halogens is 1. The Morgan fingerprint density at radius 2 is 2.00 bits per heavy atom. The Bertz CT molecular complexity index is 1030. The van der Waals surface area contributed by atoms with Gasteiger partial charge in [-0.3, -0.25) is 4.79 Å². The predicted octanol–water partition coefficient (Wildman–Crippen LogP) is 3.91. The molecule has 1 amide bonds. The number of nitrogens with zero attached hydrogens (tertiary/aromatic N) is 2. The Labute approximate surface area is 171 Å². The molecule has 28 heavy (non-hydrogen) atoms. The quantitative estimate of drug-likeness (QED) is 0.518. The lowest BCUT2D eigenvalue weighted by Crippen LogP contribution is -2.21. The molecule has 0 radical (unpaired) electrons. The molecule has 3 rings (SSSR count). The first kappa shape index (κ1) is 20.4. The van der Waals surface area contributed by atoms with Crippen molar-refractivity contribution in [1.29, 1.82) is 0 Å². The zero-order valence-electron chi connectivity index (χ0n) is 15.7. The lowest BCUT2D eigenvalue weighted by Gasteiger charge is -2.08. The third-order valence-corrected chi connectivity index (χ3v) is 5.22. The molecule has 1 heterocycles. The van der Waals surface area contributed by atoms with Crippen molar-refractivity contribution in [2.75, 3.05) is 26.9 Å². The number of rotatable bonds is 8. The fourth-order valence-electron chi connectivity index (χ4n) is 2.67. The van der Waals surface area contributed by atoms with Gasteiger partial charge in [0.25, 0.3) is 5.91 Å². The summed E-state index contributed by atoms with van der Waals surface area (Å²) in [5.41, 5.74) is 0.964. The van der Waals surface area contributed by atoms with Crippen LogP contribution in [-0.2, 0) is 16.1 Å². The van der Waals surface area contributed by atoms with Gasteiger partial charge < -0.3 is 18.8 Å². The van der Waals surface area contributed by atoms with E-state index >= 15 is 0 Å². The summed E-state index contributed by atoms with van der Waals surface area (Å²) in [5, 5.41) is 0.642. The molecule has 0 spiro atoms. The van der Waals surface area contributed by atoms with Crippen molar-refractivity contribution in [3.63, 3.8) is 0 Å². The van der Waals surface area contributed by atoms with Crippen LogP contribution in [0.15, 0.2) is 47.5 Å². The summed E-state index contributed by atoms with van der Waals surface area (Å²) in [6, 6.07) is 12.8. The number of methoxy groups -OCH3 is 1. The Balaban J connectivity index is 1.84. The summed E-state index contributed by atoms with van der Waals surface area (Å²) in [7, 11) is 1.55. The third kappa shape index (κ3) is 4.92. The van der Waals surface area contributed by atoms with Crippen LogP contribution in [0.5, 0.6) is 11.5 Å². The van der Waals surface area contributed by atoms with Crippen molar-refractivity contribution in [3.05, 3.63) is 52.3 Å². The van der Waals surface area contributed by atoms with Crippen molar-refractivity contribution < 1.29 is 19.0 Å². The summed E-state index contributed by atoms with van der Waals surface area (Å²) in [5.74, 6) is 0.688. The highest BCUT2D eigenvalue weighted by Crippen LogP contribution is 2.25. The van der Waals surface area contributed by atoms with Gasteiger partial charge in [0, 0.05) is 18.2 Å². The molecule has 0 aliphatic rings. The molecule has 8 heteroatoms. The van der Waals surface area contributed by atoms with E-state index in [9.17, 15) is 4.79 Å². The van der Waals surface area contributed by atoms with Crippen LogP contribution in [0, 0.1) is 0 Å². The molecule has 6 nitrogen and oxygen atoms in total. The number of amides is 1. The van der Waals surface area contributed by atoms with Gasteiger partial charge in [-0.25, -0.2) is 0 Å². The minimum Gasteiger partial charge on any atom is -0.493 e. The molecule has 0 aliphatic heterocycles. The Kier molecular flexibility index (Phi) is 7.08. The number of hydrogen-bond donors (Lipinski definition) is 0. The molecule has 148 valence electrons. The first-order chi connectivity index (χ1) is 13.6. The Morgan fingerprint density at radius 1 is 1.21 bits per heavy atom. The second-order valence-corrected chi connectivity index (χ2v) is 7.24. The van der Waals surface area contributed by atoms with Crippen molar-refractivity contribution >= 4 is 39.1 Å². The summed E-state index contributed by atoms with van der Waals surface area (Å²) in [4.78, 5) is 17.3. The average Bonchev–Trinajstić information content (AvgIpc) is 3.02. The lowest BCUT2D eigenvalue weighted by molar-refractivity contribution is -0.120. The summed E-state index contributed by atoms with van der Waals surface area (Å²) in [6.07, 6.45) is 0. The number of ether oxygens (including phenoxy) is 3. The number of benzene rings is 2. The molecule has 0 aliphatic carbocycles. The standard InChI is InChI=1S/C20H21ClN2O4S/c1-3-26-11-10-23-15-9-8-14(21)12-18(15)28-20(23)22-19(24)13-27-17-7-5-4-6-16(17)25-2/h4-9,12H,3,10-11,13H2,1-2H3. The smallest absolute Gasteiger partial charge is 0.286 e. The molecule has 0 saturated carbocycles. The van der Waals surface area contributed by atoms with Crippen molar-refractivity contribution in [3.8, 4) is 11.5 Å². The number of thiazole rings is 1. The van der Waals surface area contributed by atoms with Gasteiger partial charge in [0.05, 0.1) is 23.9 Å². The van der Waals surface area contributed by atoms with Crippen LogP contribution in [0.4, 0.5) is 0 Å². The molecule has 0 N–H and O–H groups in total. The molecule has 0 atom stereocenters. The van der Waals surface area contributed by atoms with Gasteiger partial charge in [0.1, 0.15) is 0 Å². The lowest BCUT2D eigenvalue weighted by atomic mass is 10.3. The zero-order valence-corrected chi connectivity index (χ0v) is 17.3. The van der Waals surface area contributed by atoms with Gasteiger partial charge in [-0.05, 0) is 37.3 Å². The molecule has 1 aromatic heterocycles. The topological polar surface area (TPSA) is 62.1 Å². The van der Waals surface area contributed by atoms with Gasteiger partial charge in [-0.15, -0.1) is 0 Å². The maximum atomic E-state index is 12.4. The van der Waals surface area contributed by atoms with Crippen LogP contribution in [0.3, 0.4) is 0 Å². The van der Waals surface area contributed by atoms with E-state index in [0.717, 1.165) is 10.2 Å². The van der Waals surface area contributed by atoms with Crippen LogP contribution in [0.2, 0.25) is 5.02 Å². The Hall–Kier alpha value is -2.35. The maximum Gasteiger partial charge on any atom is 0.286 e. The highest BCUT2D eigenvalue weighted by Gasteiger charge is 2.10. The first-order valence-electron chi connectivity index (χ1n) is 8.82. The minimum absolute atomic E-state index is 0.180. The van der Waals surface area contributed by atoms with E-state index < -0.39 is 0 Å². The summed E-state index contributed by atoms with van der Waals surface area (Å²) >= 11 is 7.51. The minimum atomic E-state index is -0.381. The van der Waals surface area contributed by atoms with E-state index in [2.05, 4.69) is 4.99 Å². The second kappa shape index (κ2) is 9.73. The van der Waals surface area contributed by atoms with Gasteiger partial charge >= 0.3 is 0 Å². The normalized spacial score (nSPS) is 11.8. The first-order valence-corrected chi connectivity index (χ1v) is 10.0. The fraction of sp³-hybridized carbons (Fsp3) is 0.300. The average molecular weight is 421 g/mol. The van der Waals surface area contributed by atoms with E-state index in [4.69, 9.17) is 25.8 Å². The number of carbonyl (C=O) groups excluding carboxylic acids is 1. The number of fused-ring (bicyclic) bond motifs is 1. The van der Waals surface area contributed by atoms with Crippen molar-refractivity contribution in [2.24, 2.45) is 4.99 Å². The van der Waals surface area contributed by atoms with E-state index in [1.807, 2.05) is 41.8 Å². The van der Waals surface area contributed by atoms with Gasteiger partial charge in [0.2, 0.25) is 0 Å². The van der Waals surface area contributed by atoms with Crippen LogP contribution in [-0.4, -0.2) is 37.4 Å². The zero-order chi connectivity index (χ0) is 19.9. The highest BCUT2D eigenvalue weighted by molar-refractivity contribution is 7.16. The van der Waals surface area contributed by atoms with Crippen LogP contribution in [0.1, 0.15) is 6.92 Å². The van der Waals surface area contributed by atoms with Crippen molar-refractivity contribution in [1.82, 2.24) is 4.57 Å². The monoisotopic (exact) mass is 420 g/mol. The summed E-state index contributed by atoms with van der Waals surface area (Å²) in [6.45, 7) is 3.52. The SMILES string of the molecule is CCOCCn1c(=NC(=O)COc2ccccc2OC)sc2cc(Cl)ccc21. The molecular weight excluding hydrogens is 400 g/mol. The summed E-state index contributed by atoms with van der Waals surface area (Å²) < 4.78 is 19.2. The number of para-hydroxylation sites is 2. The number of hydrogen-bond acceptors (Lipinski definition) is 5. The van der Waals surface area contributed by atoms with Gasteiger partial charge in [0.15, 0.2) is 22.9 Å². The molecule has 0 unspecified atom stereocenters. The van der Waals surface area contributed by atoms with Gasteiger partial charge in [-0.1, -0.05) is 35.1 Å². The number of aromatic nitrogens is 1. The molecular formula is C20H21ClN2O4S. The second-order valence-electron chi connectivity index (χ2n) is 5.79. The third-order valence-electron chi connectivity index (χ3n) is 3.95. The number of carbonyl (C=O) groups is 1. The fourth-order valence-corrected chi connectivity index (χ4v) is 4.01. The molecule has 0 saturated heterocycles. The van der Waals surface area contributed by atoms with E-state index in [1.54, 1.807) is 19.2 Å². The Morgan fingerprint density at radius 3 is 2.75 bits per heavy atom. The molecule has 0 bridgehead atoms. The largest absolute Gasteiger partial charge is 0.493 e. The van der Waals surface area contributed by atoms with Crippen LogP contribution in [0.25, 0.3) is 10.2 Å². The predicted molar refractivity (Wildman–Crippen MR) is 110 cm³/mol.